The fourth-order valence-corrected chi connectivity index (χ4v) is 1.63. The Hall–Kier alpha value is -1.73. The molecule has 0 aliphatic rings. The fourth-order valence-electron chi connectivity index (χ4n) is 1.46. The van der Waals surface area contributed by atoms with E-state index in [1.807, 2.05) is 6.92 Å². The lowest BCUT2D eigenvalue weighted by atomic mass is 10.1. The average molecular weight is 253 g/mol. The Kier molecular flexibility index (Phi) is 4.80. The lowest BCUT2D eigenvalue weighted by Crippen LogP contribution is -2.17. The number of terminal acetylenes is 1. The highest BCUT2D eigenvalue weighted by Gasteiger charge is 2.16. The van der Waals surface area contributed by atoms with Gasteiger partial charge in [0, 0.05) is 11.1 Å². The average Bonchev–Trinajstić information content (AvgIpc) is 2.28. The van der Waals surface area contributed by atoms with E-state index in [4.69, 9.17) is 18.0 Å². The maximum absolute atomic E-state index is 10.8. The first-order chi connectivity index (χ1) is 8.08. The van der Waals surface area contributed by atoms with E-state index in [0.717, 1.165) is 12.8 Å². The molecule has 0 bridgehead atoms. The zero-order valence-electron chi connectivity index (χ0n) is 9.44. The van der Waals surface area contributed by atoms with Crippen molar-refractivity contribution in [1.29, 1.82) is 0 Å². The van der Waals surface area contributed by atoms with Crippen molar-refractivity contribution in [3.05, 3.63) is 33.3 Å². The molecule has 1 aromatic rings. The van der Waals surface area contributed by atoms with Crippen LogP contribution < -0.4 is 5.32 Å². The molecule has 1 rings (SSSR count). The molecule has 0 aliphatic heterocycles. The van der Waals surface area contributed by atoms with Gasteiger partial charge in [0.1, 0.15) is 5.69 Å². The highest BCUT2D eigenvalue weighted by molar-refractivity contribution is 6.31. The molecule has 0 heterocycles. The van der Waals surface area contributed by atoms with Gasteiger partial charge < -0.3 is 5.32 Å². The van der Waals surface area contributed by atoms with Gasteiger partial charge in [-0.2, -0.15) is 0 Å². The summed E-state index contributed by atoms with van der Waals surface area (Å²) < 4.78 is 0. The Morgan fingerprint density at radius 2 is 2.35 bits per heavy atom. The summed E-state index contributed by atoms with van der Waals surface area (Å²) in [6.07, 6.45) is 7.00. The highest BCUT2D eigenvalue weighted by Crippen LogP contribution is 2.28. The highest BCUT2D eigenvalue weighted by atomic mass is 35.5. The molecule has 0 aromatic heterocycles. The zero-order valence-corrected chi connectivity index (χ0v) is 10.2. The lowest BCUT2D eigenvalue weighted by molar-refractivity contribution is -0.384. The third kappa shape index (κ3) is 3.65. The molecule has 0 aliphatic carbocycles. The number of benzene rings is 1. The van der Waals surface area contributed by atoms with E-state index in [-0.39, 0.29) is 11.7 Å². The number of anilines is 1. The van der Waals surface area contributed by atoms with E-state index in [2.05, 4.69) is 11.2 Å². The third-order valence-corrected chi connectivity index (χ3v) is 2.50. The topological polar surface area (TPSA) is 55.2 Å². The maximum Gasteiger partial charge on any atom is 0.292 e. The summed E-state index contributed by atoms with van der Waals surface area (Å²) in [7, 11) is 0. The second-order valence-corrected chi connectivity index (χ2v) is 4.01. The second-order valence-electron chi connectivity index (χ2n) is 3.57. The van der Waals surface area contributed by atoms with E-state index >= 15 is 0 Å². The molecule has 0 fully saturated rings. The number of halogens is 1. The standard InChI is InChI=1S/C12H13ClN2O2/c1-3-5-10(4-2)14-11-8-9(13)6-7-12(11)15(16)17/h2,6-8,10,14H,3,5H2,1H3. The minimum absolute atomic E-state index is 0.0225. The summed E-state index contributed by atoms with van der Waals surface area (Å²) in [5.41, 5.74) is 0.338. The van der Waals surface area contributed by atoms with Crippen molar-refractivity contribution < 1.29 is 4.92 Å². The second kappa shape index (κ2) is 6.12. The quantitative estimate of drug-likeness (QED) is 0.496. The van der Waals surface area contributed by atoms with E-state index < -0.39 is 4.92 Å². The van der Waals surface area contributed by atoms with Crippen LogP contribution in [0.5, 0.6) is 0 Å². The van der Waals surface area contributed by atoms with Gasteiger partial charge in [-0.05, 0) is 18.6 Å². The lowest BCUT2D eigenvalue weighted by Gasteiger charge is -2.13. The SMILES string of the molecule is C#CC(CCC)Nc1cc(Cl)ccc1[N+](=O)[O-]. The van der Waals surface area contributed by atoms with Crippen molar-refractivity contribution in [1.82, 2.24) is 0 Å². The van der Waals surface area contributed by atoms with Gasteiger partial charge in [0.15, 0.2) is 0 Å². The van der Waals surface area contributed by atoms with Crippen molar-refractivity contribution in [3.8, 4) is 12.3 Å². The number of nitro groups is 1. The Morgan fingerprint density at radius 3 is 2.88 bits per heavy atom. The van der Waals surface area contributed by atoms with E-state index in [9.17, 15) is 10.1 Å². The van der Waals surface area contributed by atoms with Crippen LogP contribution in [-0.4, -0.2) is 11.0 Å². The molecule has 0 amide bonds. The Morgan fingerprint density at radius 1 is 1.65 bits per heavy atom. The van der Waals surface area contributed by atoms with Crippen LogP contribution >= 0.6 is 11.6 Å². The molecular weight excluding hydrogens is 240 g/mol. The Bertz CT molecular complexity index is 454. The van der Waals surface area contributed by atoms with Gasteiger partial charge in [-0.3, -0.25) is 10.1 Å². The third-order valence-electron chi connectivity index (χ3n) is 2.26. The maximum atomic E-state index is 10.8. The summed E-state index contributed by atoms with van der Waals surface area (Å²) in [5.74, 6) is 2.56. The van der Waals surface area contributed by atoms with Gasteiger partial charge in [-0.25, -0.2) is 0 Å². The summed E-state index contributed by atoms with van der Waals surface area (Å²) in [4.78, 5) is 10.4. The summed E-state index contributed by atoms with van der Waals surface area (Å²) in [6.45, 7) is 2.00. The summed E-state index contributed by atoms with van der Waals surface area (Å²) >= 11 is 5.81. The van der Waals surface area contributed by atoms with Crippen molar-refractivity contribution >= 4 is 23.0 Å². The van der Waals surface area contributed by atoms with Crippen LogP contribution in [0.25, 0.3) is 0 Å². The van der Waals surface area contributed by atoms with Crippen LogP contribution in [0.4, 0.5) is 11.4 Å². The first-order valence-electron chi connectivity index (χ1n) is 5.25. The minimum atomic E-state index is -0.460. The van der Waals surface area contributed by atoms with E-state index in [0.29, 0.717) is 10.7 Å². The van der Waals surface area contributed by atoms with Crippen LogP contribution in [-0.2, 0) is 0 Å². The van der Waals surface area contributed by atoms with Gasteiger partial charge in [0.05, 0.1) is 11.0 Å². The van der Waals surface area contributed by atoms with Crippen molar-refractivity contribution in [3.63, 3.8) is 0 Å². The van der Waals surface area contributed by atoms with Crippen LogP contribution in [0.1, 0.15) is 19.8 Å². The van der Waals surface area contributed by atoms with Crippen molar-refractivity contribution in [2.45, 2.75) is 25.8 Å². The molecular formula is C12H13ClN2O2. The zero-order chi connectivity index (χ0) is 12.8. The largest absolute Gasteiger partial charge is 0.366 e. The van der Waals surface area contributed by atoms with Gasteiger partial charge >= 0.3 is 0 Å². The van der Waals surface area contributed by atoms with E-state index in [1.165, 1.54) is 18.2 Å². The smallest absolute Gasteiger partial charge is 0.292 e. The first kappa shape index (κ1) is 13.3. The molecule has 1 atom stereocenters. The number of rotatable bonds is 5. The molecule has 5 heteroatoms. The molecule has 1 unspecified atom stereocenters. The number of nitro benzene ring substituents is 1. The Labute approximate surface area is 105 Å². The predicted octanol–water partition coefficient (Wildman–Crippen LogP) is 3.46. The van der Waals surface area contributed by atoms with Crippen LogP contribution in [0.15, 0.2) is 18.2 Å². The van der Waals surface area contributed by atoms with Gasteiger partial charge in [-0.15, -0.1) is 6.42 Å². The normalized spacial score (nSPS) is 11.6. The predicted molar refractivity (Wildman–Crippen MR) is 69.3 cm³/mol. The monoisotopic (exact) mass is 252 g/mol. The molecule has 90 valence electrons. The molecule has 0 spiro atoms. The van der Waals surface area contributed by atoms with E-state index in [1.54, 1.807) is 0 Å². The van der Waals surface area contributed by atoms with Crippen LogP contribution in [0.3, 0.4) is 0 Å². The number of nitrogens with one attached hydrogen (secondary N) is 1. The first-order valence-corrected chi connectivity index (χ1v) is 5.63. The molecule has 1 aromatic carbocycles. The molecule has 0 radical (unpaired) electrons. The minimum Gasteiger partial charge on any atom is -0.366 e. The number of hydrogen-bond donors (Lipinski definition) is 1. The summed E-state index contributed by atoms with van der Waals surface area (Å²) in [6, 6.07) is 4.14. The molecule has 0 saturated heterocycles. The van der Waals surface area contributed by atoms with Gasteiger partial charge in [-0.1, -0.05) is 30.9 Å². The molecule has 17 heavy (non-hydrogen) atoms. The molecule has 0 saturated carbocycles. The van der Waals surface area contributed by atoms with Gasteiger partial charge in [0.2, 0.25) is 0 Å². The van der Waals surface area contributed by atoms with Crippen LogP contribution in [0.2, 0.25) is 5.02 Å². The Balaban J connectivity index is 2.99. The number of hydrogen-bond acceptors (Lipinski definition) is 3. The molecule has 1 N–H and O–H groups in total. The summed E-state index contributed by atoms with van der Waals surface area (Å²) in [5, 5.41) is 14.2. The number of nitrogens with zero attached hydrogens (tertiary/aromatic N) is 1. The van der Waals surface area contributed by atoms with Crippen molar-refractivity contribution in [2.75, 3.05) is 5.32 Å². The fraction of sp³-hybridized carbons (Fsp3) is 0.333. The van der Waals surface area contributed by atoms with Crippen molar-refractivity contribution in [2.24, 2.45) is 0 Å². The van der Waals surface area contributed by atoms with Gasteiger partial charge in [0.25, 0.3) is 5.69 Å². The molecule has 4 nitrogen and oxygen atoms in total. The van der Waals surface area contributed by atoms with Crippen LogP contribution in [0, 0.1) is 22.5 Å².